The van der Waals surface area contributed by atoms with Crippen LogP contribution in [0.1, 0.15) is 0 Å². The third-order valence-electron chi connectivity index (χ3n) is 3.21. The van der Waals surface area contributed by atoms with Gasteiger partial charge in [0.15, 0.2) is 5.82 Å². The minimum Gasteiger partial charge on any atom is -0.360 e. The Balaban J connectivity index is 2.23. The van der Waals surface area contributed by atoms with Crippen molar-refractivity contribution in [1.29, 1.82) is 0 Å². The van der Waals surface area contributed by atoms with E-state index < -0.39 is 18.8 Å². The number of hydrogen-bond acceptors (Lipinski definition) is 4. The summed E-state index contributed by atoms with van der Waals surface area (Å²) in [5.41, 5.74) is 0.0225. The largest absolute Gasteiger partial charge is 0.360 e. The first kappa shape index (κ1) is 17.0. The summed E-state index contributed by atoms with van der Waals surface area (Å²) in [7, 11) is -1.18. The van der Waals surface area contributed by atoms with Crippen LogP contribution in [0.2, 0.25) is 25.7 Å². The number of fused-ring (bicyclic) bond motifs is 1. The van der Waals surface area contributed by atoms with E-state index in [9.17, 15) is 14.5 Å². The van der Waals surface area contributed by atoms with Gasteiger partial charge in [-0.25, -0.2) is 9.07 Å². The molecule has 0 bridgehead atoms. The first-order valence-electron chi connectivity index (χ1n) is 6.76. The van der Waals surface area contributed by atoms with Crippen LogP contribution < -0.4 is 0 Å². The molecular weight excluding hydrogens is 373 g/mol. The molecule has 0 radical (unpaired) electrons. The van der Waals surface area contributed by atoms with Gasteiger partial charge < -0.3 is 4.74 Å². The molecule has 0 spiro atoms. The van der Waals surface area contributed by atoms with Crippen molar-refractivity contribution < 1.29 is 14.1 Å². The molecule has 2 rings (SSSR count). The van der Waals surface area contributed by atoms with Gasteiger partial charge in [0.2, 0.25) is 0 Å². The molecular formula is C13H17BrFN3O3Si. The van der Waals surface area contributed by atoms with Gasteiger partial charge >= 0.3 is 0 Å². The molecule has 1 heterocycles. The lowest BCUT2D eigenvalue weighted by Crippen LogP contribution is -2.22. The second kappa shape index (κ2) is 6.43. The molecule has 0 aliphatic rings. The molecule has 9 heteroatoms. The van der Waals surface area contributed by atoms with E-state index in [0.29, 0.717) is 12.1 Å². The van der Waals surface area contributed by atoms with Crippen molar-refractivity contribution in [3.63, 3.8) is 0 Å². The molecule has 0 saturated carbocycles. The van der Waals surface area contributed by atoms with E-state index in [4.69, 9.17) is 4.74 Å². The molecule has 120 valence electrons. The van der Waals surface area contributed by atoms with Crippen molar-refractivity contribution in [3.8, 4) is 0 Å². The molecule has 22 heavy (non-hydrogen) atoms. The number of ether oxygens (including phenoxy) is 1. The molecule has 0 N–H and O–H groups in total. The van der Waals surface area contributed by atoms with Crippen molar-refractivity contribution in [2.24, 2.45) is 0 Å². The summed E-state index contributed by atoms with van der Waals surface area (Å²) in [6.45, 7) is 7.48. The SMILES string of the molecule is C[Si](C)(C)CCOCn1ncc2c(F)c(Br)c([N+](=O)[O-])cc21. The molecule has 1 aromatic carbocycles. The summed E-state index contributed by atoms with van der Waals surface area (Å²) in [6, 6.07) is 2.31. The van der Waals surface area contributed by atoms with E-state index in [1.165, 1.54) is 16.9 Å². The maximum absolute atomic E-state index is 14.1. The lowest BCUT2D eigenvalue weighted by Gasteiger charge is -2.15. The Morgan fingerprint density at radius 2 is 2.18 bits per heavy atom. The van der Waals surface area contributed by atoms with E-state index in [1.807, 2.05) is 0 Å². The summed E-state index contributed by atoms with van der Waals surface area (Å²) in [4.78, 5) is 10.3. The Kier molecular flexibility index (Phi) is 4.98. The smallest absolute Gasteiger partial charge is 0.288 e. The molecule has 0 atom stereocenters. The molecule has 0 aliphatic heterocycles. The number of rotatable bonds is 6. The third-order valence-corrected chi connectivity index (χ3v) is 5.67. The second-order valence-electron chi connectivity index (χ2n) is 6.21. The highest BCUT2D eigenvalue weighted by Crippen LogP contribution is 2.33. The summed E-state index contributed by atoms with van der Waals surface area (Å²) < 4.78 is 21.0. The molecule has 6 nitrogen and oxygen atoms in total. The van der Waals surface area contributed by atoms with Gasteiger partial charge in [0, 0.05) is 20.7 Å². The maximum atomic E-state index is 14.1. The van der Waals surface area contributed by atoms with Crippen molar-refractivity contribution in [3.05, 3.63) is 32.7 Å². The molecule has 0 aliphatic carbocycles. The Labute approximate surface area is 136 Å². The molecule has 2 aromatic rings. The fraction of sp³-hybridized carbons (Fsp3) is 0.462. The standard InChI is InChI=1S/C13H17BrFN3O3Si/c1-22(2,3)5-4-21-8-17-10-6-11(18(19)20)12(14)13(15)9(10)7-16-17/h6-7H,4-5,8H2,1-3H3. The fourth-order valence-electron chi connectivity index (χ4n) is 1.90. The Morgan fingerprint density at radius 3 is 2.77 bits per heavy atom. The summed E-state index contributed by atoms with van der Waals surface area (Å²) in [5, 5.41) is 15.3. The van der Waals surface area contributed by atoms with Crippen LogP contribution in [-0.4, -0.2) is 29.4 Å². The van der Waals surface area contributed by atoms with Gasteiger partial charge in [0.05, 0.1) is 22.0 Å². The summed E-state index contributed by atoms with van der Waals surface area (Å²) >= 11 is 2.92. The van der Waals surface area contributed by atoms with Gasteiger partial charge in [-0.2, -0.15) is 5.10 Å². The molecule has 1 aromatic heterocycles. The third kappa shape index (κ3) is 3.71. The van der Waals surface area contributed by atoms with Crippen molar-refractivity contribution in [2.45, 2.75) is 32.4 Å². The Bertz CT molecular complexity index is 715. The summed E-state index contributed by atoms with van der Waals surface area (Å²) in [6.07, 6.45) is 1.35. The van der Waals surface area contributed by atoms with Crippen LogP contribution in [0.5, 0.6) is 0 Å². The number of aromatic nitrogens is 2. The Morgan fingerprint density at radius 1 is 1.50 bits per heavy atom. The molecule has 0 fully saturated rings. The van der Waals surface area contributed by atoms with Crippen LogP contribution in [0.15, 0.2) is 16.7 Å². The minimum atomic E-state index is -1.18. The number of nitro groups is 1. The monoisotopic (exact) mass is 389 g/mol. The number of halogens is 2. The molecule has 0 unspecified atom stereocenters. The van der Waals surface area contributed by atoms with E-state index in [2.05, 4.69) is 40.7 Å². The zero-order valence-electron chi connectivity index (χ0n) is 12.6. The van der Waals surface area contributed by atoms with Crippen LogP contribution in [0.4, 0.5) is 10.1 Å². The summed E-state index contributed by atoms with van der Waals surface area (Å²) in [5.74, 6) is -0.683. The van der Waals surface area contributed by atoms with Gasteiger partial charge in [-0.05, 0) is 22.0 Å². The first-order chi connectivity index (χ1) is 10.2. The van der Waals surface area contributed by atoms with Crippen LogP contribution >= 0.6 is 15.9 Å². The average molecular weight is 390 g/mol. The predicted octanol–water partition coefficient (Wildman–Crippen LogP) is 4.16. The highest BCUT2D eigenvalue weighted by molar-refractivity contribution is 9.10. The highest BCUT2D eigenvalue weighted by Gasteiger charge is 2.22. The van der Waals surface area contributed by atoms with Crippen LogP contribution in [0.3, 0.4) is 0 Å². The fourth-order valence-corrected chi connectivity index (χ4v) is 3.13. The Hall–Kier alpha value is -1.32. The highest BCUT2D eigenvalue weighted by atomic mass is 79.9. The zero-order chi connectivity index (χ0) is 16.5. The van der Waals surface area contributed by atoms with Crippen LogP contribution in [-0.2, 0) is 11.5 Å². The van der Waals surface area contributed by atoms with Gasteiger partial charge in [0.25, 0.3) is 5.69 Å². The average Bonchev–Trinajstić information content (AvgIpc) is 2.80. The lowest BCUT2D eigenvalue weighted by atomic mass is 10.2. The second-order valence-corrected chi connectivity index (χ2v) is 12.6. The molecule has 0 saturated heterocycles. The van der Waals surface area contributed by atoms with Crippen molar-refractivity contribution >= 4 is 40.6 Å². The van der Waals surface area contributed by atoms with Gasteiger partial charge in [0.1, 0.15) is 11.2 Å². The maximum Gasteiger partial charge on any atom is 0.288 e. The van der Waals surface area contributed by atoms with E-state index in [1.54, 1.807) is 0 Å². The normalized spacial score (nSPS) is 12.0. The first-order valence-corrected chi connectivity index (χ1v) is 11.3. The number of hydrogen-bond donors (Lipinski definition) is 0. The zero-order valence-corrected chi connectivity index (χ0v) is 15.2. The van der Waals surface area contributed by atoms with Crippen molar-refractivity contribution in [2.75, 3.05) is 6.61 Å². The van der Waals surface area contributed by atoms with E-state index in [0.717, 1.165) is 6.04 Å². The van der Waals surface area contributed by atoms with Crippen molar-refractivity contribution in [1.82, 2.24) is 9.78 Å². The van der Waals surface area contributed by atoms with Crippen LogP contribution in [0, 0.1) is 15.9 Å². The topological polar surface area (TPSA) is 70.2 Å². The predicted molar refractivity (Wildman–Crippen MR) is 88.2 cm³/mol. The number of nitro benzene ring substituents is 1. The van der Waals surface area contributed by atoms with Gasteiger partial charge in [-0.15, -0.1) is 0 Å². The minimum absolute atomic E-state index is 0.145. The van der Waals surface area contributed by atoms with Crippen LogP contribution in [0.25, 0.3) is 10.9 Å². The van der Waals surface area contributed by atoms with Gasteiger partial charge in [-0.3, -0.25) is 10.1 Å². The van der Waals surface area contributed by atoms with E-state index >= 15 is 0 Å². The number of nitrogens with zero attached hydrogens (tertiary/aromatic N) is 3. The molecule has 0 amide bonds. The quantitative estimate of drug-likeness (QED) is 0.321. The van der Waals surface area contributed by atoms with E-state index in [-0.39, 0.29) is 22.3 Å². The number of benzene rings is 1. The lowest BCUT2D eigenvalue weighted by molar-refractivity contribution is -0.385. The van der Waals surface area contributed by atoms with Gasteiger partial charge in [-0.1, -0.05) is 19.6 Å².